The Hall–Kier alpha value is -2.37. The number of ether oxygens (including phenoxy) is 1. The summed E-state index contributed by atoms with van der Waals surface area (Å²) in [5, 5.41) is 14.4. The Bertz CT molecular complexity index is 586. The van der Waals surface area contributed by atoms with E-state index >= 15 is 0 Å². The van der Waals surface area contributed by atoms with Crippen LogP contribution in [0.1, 0.15) is 25.8 Å². The van der Waals surface area contributed by atoms with Crippen LogP contribution in [-0.4, -0.2) is 35.4 Å². The topological polar surface area (TPSA) is 72.0 Å². The van der Waals surface area contributed by atoms with Gasteiger partial charge in [0.1, 0.15) is 5.75 Å². The van der Waals surface area contributed by atoms with Crippen LogP contribution in [0.5, 0.6) is 5.75 Å². The third-order valence-corrected chi connectivity index (χ3v) is 3.44. The van der Waals surface area contributed by atoms with E-state index in [0.717, 1.165) is 37.5 Å². The Morgan fingerprint density at radius 1 is 1.09 bits per heavy atom. The van der Waals surface area contributed by atoms with Crippen molar-refractivity contribution < 1.29 is 4.74 Å². The van der Waals surface area contributed by atoms with Gasteiger partial charge >= 0.3 is 0 Å². The van der Waals surface area contributed by atoms with E-state index in [1.165, 1.54) is 5.56 Å². The summed E-state index contributed by atoms with van der Waals surface area (Å²) in [4.78, 5) is 4.41. The second-order valence-corrected chi connectivity index (χ2v) is 5.80. The molecule has 0 spiro atoms. The molecule has 0 unspecified atom stereocenters. The quantitative estimate of drug-likeness (QED) is 0.741. The zero-order valence-corrected chi connectivity index (χ0v) is 14.0. The lowest BCUT2D eigenvalue weighted by molar-refractivity contribution is 0.414. The van der Waals surface area contributed by atoms with E-state index in [-0.39, 0.29) is 0 Å². The largest absolute Gasteiger partial charge is 0.497 e. The minimum absolute atomic E-state index is 0.570. The molecule has 0 radical (unpaired) electrons. The molecule has 2 rings (SSSR count). The number of hydrogen-bond donors (Lipinski definition) is 2. The van der Waals surface area contributed by atoms with E-state index in [1.54, 1.807) is 13.3 Å². The fourth-order valence-electron chi connectivity index (χ4n) is 2.06. The van der Waals surface area contributed by atoms with Crippen molar-refractivity contribution in [2.45, 2.75) is 26.7 Å². The molecule has 0 bridgehead atoms. The lowest BCUT2D eigenvalue weighted by atomic mass is 10.1. The van der Waals surface area contributed by atoms with E-state index < -0.39 is 0 Å². The van der Waals surface area contributed by atoms with E-state index in [1.807, 2.05) is 12.1 Å². The van der Waals surface area contributed by atoms with E-state index in [2.05, 4.69) is 51.8 Å². The van der Waals surface area contributed by atoms with Crippen LogP contribution in [0.2, 0.25) is 0 Å². The molecule has 0 aliphatic carbocycles. The van der Waals surface area contributed by atoms with E-state index in [9.17, 15) is 0 Å². The minimum atomic E-state index is 0.570. The fraction of sp³-hybridized carbons (Fsp3) is 0.471. The van der Waals surface area contributed by atoms with Gasteiger partial charge in [-0.3, -0.25) is 0 Å². The standard InChI is InChI=1S/C17H25N5O/c1-13(2)8-10-19-17-21-16(12-20-22-17)18-11-9-14-4-6-15(23-3)7-5-14/h4-7,12-13H,8-11H2,1-3H3,(H2,18,19,21,22). The molecule has 2 N–H and O–H groups in total. The zero-order valence-electron chi connectivity index (χ0n) is 14.0. The summed E-state index contributed by atoms with van der Waals surface area (Å²) in [5.41, 5.74) is 1.25. The van der Waals surface area contributed by atoms with Gasteiger partial charge in [0.15, 0.2) is 5.82 Å². The van der Waals surface area contributed by atoms with Crippen LogP contribution in [0.15, 0.2) is 30.5 Å². The monoisotopic (exact) mass is 315 g/mol. The maximum Gasteiger partial charge on any atom is 0.244 e. The predicted molar refractivity (Wildman–Crippen MR) is 93.0 cm³/mol. The van der Waals surface area contributed by atoms with Crippen molar-refractivity contribution in [2.24, 2.45) is 5.92 Å². The first kappa shape index (κ1) is 17.0. The minimum Gasteiger partial charge on any atom is -0.497 e. The Morgan fingerprint density at radius 3 is 2.57 bits per heavy atom. The SMILES string of the molecule is COc1ccc(CCNc2cnnc(NCCC(C)C)n2)cc1. The zero-order chi connectivity index (χ0) is 16.5. The molecule has 6 heteroatoms. The van der Waals surface area contributed by atoms with Crippen LogP contribution >= 0.6 is 0 Å². The molecule has 0 fully saturated rings. The first-order valence-electron chi connectivity index (χ1n) is 7.98. The summed E-state index contributed by atoms with van der Waals surface area (Å²) >= 11 is 0. The van der Waals surface area contributed by atoms with Crippen LogP contribution < -0.4 is 15.4 Å². The Balaban J connectivity index is 1.78. The van der Waals surface area contributed by atoms with Crippen molar-refractivity contribution in [1.82, 2.24) is 15.2 Å². The molecule has 0 amide bonds. The van der Waals surface area contributed by atoms with Crippen LogP contribution in [0.3, 0.4) is 0 Å². The second-order valence-electron chi connectivity index (χ2n) is 5.80. The van der Waals surface area contributed by atoms with Gasteiger partial charge in [-0.15, -0.1) is 5.10 Å². The number of anilines is 2. The van der Waals surface area contributed by atoms with Crippen molar-refractivity contribution in [3.63, 3.8) is 0 Å². The molecule has 124 valence electrons. The lowest BCUT2D eigenvalue weighted by Crippen LogP contribution is -2.11. The maximum atomic E-state index is 5.16. The highest BCUT2D eigenvalue weighted by Crippen LogP contribution is 2.12. The number of hydrogen-bond acceptors (Lipinski definition) is 6. The van der Waals surface area contributed by atoms with Gasteiger partial charge in [-0.2, -0.15) is 10.1 Å². The van der Waals surface area contributed by atoms with Crippen LogP contribution in [-0.2, 0) is 6.42 Å². The van der Waals surface area contributed by atoms with Crippen molar-refractivity contribution in [1.29, 1.82) is 0 Å². The van der Waals surface area contributed by atoms with E-state index in [0.29, 0.717) is 11.9 Å². The number of methoxy groups -OCH3 is 1. The maximum absolute atomic E-state index is 5.16. The first-order valence-corrected chi connectivity index (χ1v) is 7.98. The van der Waals surface area contributed by atoms with Crippen molar-refractivity contribution in [3.05, 3.63) is 36.0 Å². The molecule has 1 aromatic heterocycles. The Labute approximate surface area is 137 Å². The number of nitrogens with one attached hydrogen (secondary N) is 2. The number of rotatable bonds is 9. The van der Waals surface area contributed by atoms with Crippen molar-refractivity contribution in [3.8, 4) is 5.75 Å². The molecule has 0 saturated heterocycles. The molecule has 1 heterocycles. The van der Waals surface area contributed by atoms with Gasteiger partial charge in [-0.05, 0) is 36.5 Å². The summed E-state index contributed by atoms with van der Waals surface area (Å²) in [5.74, 6) is 2.83. The van der Waals surface area contributed by atoms with Gasteiger partial charge in [-0.1, -0.05) is 26.0 Å². The number of aromatic nitrogens is 3. The molecule has 0 atom stereocenters. The Kier molecular flexibility index (Phi) is 6.59. The summed E-state index contributed by atoms with van der Waals surface area (Å²) in [6.45, 7) is 6.03. The molecule has 1 aromatic carbocycles. The highest BCUT2D eigenvalue weighted by molar-refractivity contribution is 5.37. The van der Waals surface area contributed by atoms with Crippen LogP contribution in [0.25, 0.3) is 0 Å². The average molecular weight is 315 g/mol. The summed E-state index contributed by atoms with van der Waals surface area (Å²) in [6, 6.07) is 8.08. The Morgan fingerprint density at radius 2 is 1.87 bits per heavy atom. The number of nitrogens with zero attached hydrogens (tertiary/aromatic N) is 3. The van der Waals surface area contributed by atoms with Gasteiger partial charge in [-0.25, -0.2) is 0 Å². The molecule has 6 nitrogen and oxygen atoms in total. The summed E-state index contributed by atoms with van der Waals surface area (Å²) < 4.78 is 5.16. The molecule has 2 aromatic rings. The lowest BCUT2D eigenvalue weighted by Gasteiger charge is -2.09. The third kappa shape index (κ3) is 6.10. The highest BCUT2D eigenvalue weighted by atomic mass is 16.5. The van der Waals surface area contributed by atoms with Gasteiger partial charge in [0.25, 0.3) is 0 Å². The number of benzene rings is 1. The molecule has 0 aliphatic rings. The van der Waals surface area contributed by atoms with E-state index in [4.69, 9.17) is 4.74 Å². The highest BCUT2D eigenvalue weighted by Gasteiger charge is 2.01. The van der Waals surface area contributed by atoms with Crippen molar-refractivity contribution in [2.75, 3.05) is 30.8 Å². The van der Waals surface area contributed by atoms with Crippen LogP contribution in [0, 0.1) is 5.92 Å². The molecule has 0 saturated carbocycles. The molecule has 0 aliphatic heterocycles. The molecular formula is C17H25N5O. The van der Waals surface area contributed by atoms with Gasteiger partial charge in [0.05, 0.1) is 13.3 Å². The predicted octanol–water partition coefficient (Wildman–Crippen LogP) is 2.99. The van der Waals surface area contributed by atoms with Gasteiger partial charge in [0, 0.05) is 13.1 Å². The smallest absolute Gasteiger partial charge is 0.244 e. The summed E-state index contributed by atoms with van der Waals surface area (Å²) in [7, 11) is 1.67. The molecule has 23 heavy (non-hydrogen) atoms. The first-order chi connectivity index (χ1) is 11.2. The fourth-order valence-corrected chi connectivity index (χ4v) is 2.06. The van der Waals surface area contributed by atoms with Crippen LogP contribution in [0.4, 0.5) is 11.8 Å². The van der Waals surface area contributed by atoms with Gasteiger partial charge < -0.3 is 15.4 Å². The molecular weight excluding hydrogens is 290 g/mol. The summed E-state index contributed by atoms with van der Waals surface area (Å²) in [6.07, 6.45) is 3.63. The average Bonchev–Trinajstić information content (AvgIpc) is 2.56. The normalized spacial score (nSPS) is 10.6. The van der Waals surface area contributed by atoms with Gasteiger partial charge in [0.2, 0.25) is 5.95 Å². The third-order valence-electron chi connectivity index (χ3n) is 3.44. The second kappa shape index (κ2) is 8.92. The van der Waals surface area contributed by atoms with Crippen molar-refractivity contribution >= 4 is 11.8 Å².